The van der Waals surface area contributed by atoms with Crippen LogP contribution in [0.4, 0.5) is 0 Å². The van der Waals surface area contributed by atoms with Crippen molar-refractivity contribution in [2.24, 2.45) is 34.5 Å². The Morgan fingerprint density at radius 1 is 1.00 bits per heavy atom. The predicted octanol–water partition coefficient (Wildman–Crippen LogP) is 4.95. The molecule has 4 aliphatic carbocycles. The van der Waals surface area contributed by atoms with Crippen LogP contribution in [0.5, 0.6) is 0 Å². The average Bonchev–Trinajstić information content (AvgIpc) is 2.76. The molecule has 0 spiro atoms. The third-order valence-corrected chi connectivity index (χ3v) is 8.47. The Hall–Kier alpha value is -0.300. The van der Waals surface area contributed by atoms with E-state index in [0.717, 1.165) is 30.1 Å². The Morgan fingerprint density at radius 2 is 1.76 bits per heavy atom. The lowest BCUT2D eigenvalue weighted by molar-refractivity contribution is -0.109. The van der Waals surface area contributed by atoms with Crippen LogP contribution in [0.1, 0.15) is 72.1 Å². The first-order chi connectivity index (χ1) is 9.95. The monoisotopic (exact) mass is 288 g/mol. The maximum absolute atomic E-state index is 10.5. The molecule has 1 nitrogen and oxygen atoms in total. The average molecular weight is 288 g/mol. The Kier molecular flexibility index (Phi) is 3.13. The number of hydrogen-bond donors (Lipinski definition) is 1. The van der Waals surface area contributed by atoms with Gasteiger partial charge in [-0.25, -0.2) is 0 Å². The molecule has 0 radical (unpaired) electrons. The van der Waals surface area contributed by atoms with E-state index in [9.17, 15) is 5.11 Å². The molecular weight excluding hydrogens is 256 g/mol. The zero-order valence-corrected chi connectivity index (χ0v) is 14.1. The van der Waals surface area contributed by atoms with E-state index in [1.165, 1.54) is 44.9 Å². The summed E-state index contributed by atoms with van der Waals surface area (Å²) in [4.78, 5) is 0. The van der Waals surface area contributed by atoms with Crippen LogP contribution >= 0.6 is 0 Å². The molecule has 3 fully saturated rings. The van der Waals surface area contributed by atoms with E-state index >= 15 is 0 Å². The quantitative estimate of drug-likeness (QED) is 0.626. The van der Waals surface area contributed by atoms with Crippen molar-refractivity contribution in [1.29, 1.82) is 0 Å². The molecule has 1 N–H and O–H groups in total. The smallest absolute Gasteiger partial charge is 0.0596 e. The molecule has 0 saturated heterocycles. The van der Waals surface area contributed by atoms with Crippen LogP contribution in [-0.4, -0.2) is 11.2 Å². The Bertz CT molecular complexity index is 466. The van der Waals surface area contributed by atoms with Gasteiger partial charge in [0.2, 0.25) is 0 Å². The number of aliphatic hydroxyl groups excluding tert-OH is 1. The minimum Gasteiger partial charge on any atom is -0.393 e. The molecule has 0 aromatic heterocycles. The first kappa shape index (κ1) is 14.3. The van der Waals surface area contributed by atoms with Crippen LogP contribution in [0.25, 0.3) is 0 Å². The van der Waals surface area contributed by atoms with Crippen molar-refractivity contribution >= 4 is 0 Å². The van der Waals surface area contributed by atoms with Gasteiger partial charge in [-0.05, 0) is 92.8 Å². The molecule has 7 atom stereocenters. The minimum absolute atomic E-state index is 0.0255. The van der Waals surface area contributed by atoms with Gasteiger partial charge >= 0.3 is 0 Å². The second kappa shape index (κ2) is 4.60. The third-order valence-electron chi connectivity index (χ3n) is 8.47. The highest BCUT2D eigenvalue weighted by atomic mass is 16.3. The van der Waals surface area contributed by atoms with E-state index in [1.54, 1.807) is 5.57 Å². The maximum atomic E-state index is 10.5. The predicted molar refractivity (Wildman–Crippen MR) is 86.9 cm³/mol. The summed E-state index contributed by atoms with van der Waals surface area (Å²) in [5.74, 6) is 3.55. The summed E-state index contributed by atoms with van der Waals surface area (Å²) in [7, 11) is 0. The van der Waals surface area contributed by atoms with Crippen LogP contribution in [0.3, 0.4) is 0 Å². The minimum atomic E-state index is -0.0255. The highest BCUT2D eigenvalue weighted by molar-refractivity contribution is 5.15. The molecular formula is C20H32O. The lowest BCUT2D eigenvalue weighted by Gasteiger charge is -2.59. The van der Waals surface area contributed by atoms with Crippen molar-refractivity contribution in [2.75, 3.05) is 0 Å². The molecule has 0 aromatic carbocycles. The van der Waals surface area contributed by atoms with Gasteiger partial charge in [-0.15, -0.1) is 0 Å². The summed E-state index contributed by atoms with van der Waals surface area (Å²) < 4.78 is 0. The van der Waals surface area contributed by atoms with E-state index in [2.05, 4.69) is 26.8 Å². The Morgan fingerprint density at radius 3 is 2.57 bits per heavy atom. The van der Waals surface area contributed by atoms with Crippen molar-refractivity contribution in [3.63, 3.8) is 0 Å². The van der Waals surface area contributed by atoms with E-state index in [0.29, 0.717) is 5.41 Å². The molecule has 4 aliphatic rings. The van der Waals surface area contributed by atoms with Gasteiger partial charge < -0.3 is 5.11 Å². The second-order valence-corrected chi connectivity index (χ2v) is 9.25. The lowest BCUT2D eigenvalue weighted by atomic mass is 9.45. The maximum Gasteiger partial charge on any atom is 0.0596 e. The van der Waals surface area contributed by atoms with Gasteiger partial charge in [0.05, 0.1) is 6.10 Å². The molecule has 21 heavy (non-hydrogen) atoms. The van der Waals surface area contributed by atoms with Crippen LogP contribution in [0, 0.1) is 34.5 Å². The highest BCUT2D eigenvalue weighted by Gasteiger charge is 2.59. The molecule has 0 unspecified atom stereocenters. The van der Waals surface area contributed by atoms with Crippen molar-refractivity contribution in [3.05, 3.63) is 11.6 Å². The first-order valence-corrected chi connectivity index (χ1v) is 9.29. The Balaban J connectivity index is 1.65. The zero-order valence-electron chi connectivity index (χ0n) is 14.1. The normalized spacial score (nSPS) is 56.2. The summed E-state index contributed by atoms with van der Waals surface area (Å²) >= 11 is 0. The molecule has 118 valence electrons. The highest BCUT2D eigenvalue weighted by Crippen LogP contribution is 2.65. The topological polar surface area (TPSA) is 20.2 Å². The largest absolute Gasteiger partial charge is 0.393 e. The second-order valence-electron chi connectivity index (χ2n) is 9.25. The van der Waals surface area contributed by atoms with Crippen molar-refractivity contribution in [2.45, 2.75) is 78.2 Å². The summed E-state index contributed by atoms with van der Waals surface area (Å²) in [5.41, 5.74) is 2.43. The number of hydrogen-bond acceptors (Lipinski definition) is 1. The van der Waals surface area contributed by atoms with Crippen LogP contribution < -0.4 is 0 Å². The number of allylic oxidation sites excluding steroid dienone is 2. The number of fused-ring (bicyclic) bond motifs is 5. The third kappa shape index (κ3) is 1.85. The molecule has 0 bridgehead atoms. The molecule has 0 aromatic rings. The summed E-state index contributed by atoms with van der Waals surface area (Å²) in [6, 6.07) is 0. The van der Waals surface area contributed by atoms with Crippen LogP contribution in [0.2, 0.25) is 0 Å². The fourth-order valence-electron chi connectivity index (χ4n) is 7.03. The van der Waals surface area contributed by atoms with E-state index in [4.69, 9.17) is 0 Å². The van der Waals surface area contributed by atoms with Gasteiger partial charge in [0, 0.05) is 0 Å². The molecule has 3 saturated carbocycles. The van der Waals surface area contributed by atoms with Crippen molar-refractivity contribution in [3.8, 4) is 0 Å². The van der Waals surface area contributed by atoms with Crippen molar-refractivity contribution < 1.29 is 5.11 Å². The van der Waals surface area contributed by atoms with Gasteiger partial charge in [0.1, 0.15) is 0 Å². The van der Waals surface area contributed by atoms with Crippen LogP contribution in [-0.2, 0) is 0 Å². The SMILES string of the molecule is CC1=CC[C@@]2(C)[C@H](CC[C@@H]3[C@@H]2CC[C@]2(C)[C@H](O)CC[C@@H]32)C1. The molecule has 0 amide bonds. The van der Waals surface area contributed by atoms with Gasteiger partial charge in [0.25, 0.3) is 0 Å². The lowest BCUT2D eigenvalue weighted by Crippen LogP contribution is -2.53. The summed E-state index contributed by atoms with van der Waals surface area (Å²) in [6.07, 6.45) is 13.0. The summed E-state index contributed by atoms with van der Waals surface area (Å²) in [5, 5.41) is 10.5. The Labute approximate surface area is 130 Å². The fourth-order valence-corrected chi connectivity index (χ4v) is 7.03. The van der Waals surface area contributed by atoms with Gasteiger partial charge in [-0.3, -0.25) is 0 Å². The number of rotatable bonds is 0. The van der Waals surface area contributed by atoms with Gasteiger partial charge in [0.15, 0.2) is 0 Å². The standard InChI is InChI=1S/C20H32O/c1-13-8-10-19(2)14(12-13)4-5-15-16-6-7-18(21)20(16,3)11-9-17(15)19/h8,14-18,21H,4-7,9-12H2,1-3H3/t14-,15+,16+,17+,18-,19+,20+/m1/s1. The molecule has 4 rings (SSSR count). The zero-order chi connectivity index (χ0) is 14.8. The first-order valence-electron chi connectivity index (χ1n) is 9.29. The van der Waals surface area contributed by atoms with E-state index < -0.39 is 0 Å². The van der Waals surface area contributed by atoms with Crippen LogP contribution in [0.15, 0.2) is 11.6 Å². The van der Waals surface area contributed by atoms with E-state index in [-0.39, 0.29) is 11.5 Å². The fraction of sp³-hybridized carbons (Fsp3) is 0.900. The van der Waals surface area contributed by atoms with Crippen molar-refractivity contribution in [1.82, 2.24) is 0 Å². The van der Waals surface area contributed by atoms with E-state index in [1.807, 2.05) is 0 Å². The molecule has 1 heteroatoms. The van der Waals surface area contributed by atoms with Gasteiger partial charge in [-0.1, -0.05) is 25.5 Å². The number of aliphatic hydroxyl groups is 1. The van der Waals surface area contributed by atoms with Gasteiger partial charge in [-0.2, -0.15) is 0 Å². The summed E-state index contributed by atoms with van der Waals surface area (Å²) in [6.45, 7) is 7.33. The molecule has 0 heterocycles. The molecule has 0 aliphatic heterocycles.